The Bertz CT molecular complexity index is 500. The molecule has 0 saturated carbocycles. The van der Waals surface area contributed by atoms with E-state index in [9.17, 15) is 0 Å². The quantitative estimate of drug-likeness (QED) is 0.576. The summed E-state index contributed by atoms with van der Waals surface area (Å²) in [7, 11) is 0. The summed E-state index contributed by atoms with van der Waals surface area (Å²) in [5.74, 6) is 0. The summed E-state index contributed by atoms with van der Waals surface area (Å²) in [6.45, 7) is 0. The van der Waals surface area contributed by atoms with Crippen molar-refractivity contribution in [1.29, 1.82) is 5.39 Å². The second-order valence-corrected chi connectivity index (χ2v) is 3.18. The zero-order valence-electron chi connectivity index (χ0n) is 6.74. The largest absolute Gasteiger partial charge is 0.392 e. The highest BCUT2D eigenvalue weighted by molar-refractivity contribution is 6.31. The van der Waals surface area contributed by atoms with Crippen LogP contribution in [0.15, 0.2) is 36.4 Å². The van der Waals surface area contributed by atoms with Crippen LogP contribution in [0.25, 0.3) is 15.7 Å². The van der Waals surface area contributed by atoms with Crippen LogP contribution in [0.2, 0.25) is 5.02 Å². The van der Waals surface area contributed by atoms with Crippen LogP contribution in [0.3, 0.4) is 0 Å². The van der Waals surface area contributed by atoms with Gasteiger partial charge in [-0.25, -0.2) is 0 Å². The molecule has 13 heavy (non-hydrogen) atoms. The average Bonchev–Trinajstić information content (AvgIpc) is 2.16. The summed E-state index contributed by atoms with van der Waals surface area (Å²) in [6, 6.07) is 11.0. The lowest BCUT2D eigenvalue weighted by atomic mass is 10.1. The summed E-state index contributed by atoms with van der Waals surface area (Å²) in [6.07, 6.45) is 0. The first kappa shape index (κ1) is 8.03. The molecular formula is C10H6ClN2+. The number of rotatable bonds is 0. The Labute approximate surface area is 80.4 Å². The summed E-state index contributed by atoms with van der Waals surface area (Å²) in [5, 5.41) is 11.3. The highest BCUT2D eigenvalue weighted by Crippen LogP contribution is 2.27. The van der Waals surface area contributed by atoms with Gasteiger partial charge in [0.2, 0.25) is 5.39 Å². The molecule has 2 rings (SSSR count). The van der Waals surface area contributed by atoms with Crippen molar-refractivity contribution < 1.29 is 0 Å². The van der Waals surface area contributed by atoms with Gasteiger partial charge in [-0.2, -0.15) is 0 Å². The molecule has 0 aromatic heterocycles. The van der Waals surface area contributed by atoms with Crippen molar-refractivity contribution in [3.05, 3.63) is 46.4 Å². The smallest absolute Gasteiger partial charge is 0.0843 e. The highest BCUT2D eigenvalue weighted by atomic mass is 35.5. The topological polar surface area (TPSA) is 28.1 Å². The number of halogens is 1. The highest BCUT2D eigenvalue weighted by Gasteiger charge is 2.09. The first-order chi connectivity index (χ1) is 6.31. The molecule has 3 heteroatoms. The van der Waals surface area contributed by atoms with Crippen LogP contribution in [0.4, 0.5) is 5.69 Å². The van der Waals surface area contributed by atoms with Gasteiger partial charge in [0.25, 0.3) is 0 Å². The molecule has 0 spiro atoms. The van der Waals surface area contributed by atoms with E-state index in [1.54, 1.807) is 12.1 Å². The van der Waals surface area contributed by atoms with E-state index in [1.165, 1.54) is 0 Å². The monoisotopic (exact) mass is 189 g/mol. The molecule has 0 aliphatic heterocycles. The van der Waals surface area contributed by atoms with Gasteiger partial charge in [-0.15, -0.1) is 0 Å². The molecule has 0 fully saturated rings. The van der Waals surface area contributed by atoms with Gasteiger partial charge in [-0.3, -0.25) is 0 Å². The molecule has 0 aliphatic rings. The lowest BCUT2D eigenvalue weighted by molar-refractivity contribution is 1.47. The number of fused-ring (bicyclic) bond motifs is 1. The number of nitrogens with zero attached hydrogens (tertiary/aromatic N) is 2. The Morgan fingerprint density at radius 3 is 2.77 bits per heavy atom. The van der Waals surface area contributed by atoms with Gasteiger partial charge in [-0.05, 0) is 23.6 Å². The van der Waals surface area contributed by atoms with Gasteiger partial charge in [0, 0.05) is 11.1 Å². The minimum absolute atomic E-state index is 0.564. The van der Waals surface area contributed by atoms with Crippen LogP contribution in [0.5, 0.6) is 0 Å². The Hall–Kier alpha value is -1.59. The predicted molar refractivity (Wildman–Crippen MR) is 53.7 cm³/mol. The lowest BCUT2D eigenvalue weighted by Crippen LogP contribution is -1.72. The second-order valence-electron chi connectivity index (χ2n) is 2.74. The predicted octanol–water partition coefficient (Wildman–Crippen LogP) is 3.98. The molecule has 0 aliphatic carbocycles. The standard InChI is InChI=1S/C10H6ClN2/c11-8-4-5-9-7(6-8)2-1-3-10(9)13-12/h1-6H/q+1. The zero-order valence-corrected chi connectivity index (χ0v) is 7.49. The molecule has 0 amide bonds. The fraction of sp³-hybridized carbons (Fsp3) is 0. The van der Waals surface area contributed by atoms with Gasteiger partial charge in [0.05, 0.1) is 5.39 Å². The SMILES string of the molecule is N#[N+]c1cccc2cc(Cl)ccc12. The number of hydrogen-bond donors (Lipinski definition) is 0. The molecule has 2 aromatic rings. The first-order valence-electron chi connectivity index (χ1n) is 3.84. The van der Waals surface area contributed by atoms with Gasteiger partial charge < -0.3 is 0 Å². The number of diazo groups is 1. The summed E-state index contributed by atoms with van der Waals surface area (Å²) < 4.78 is 0. The Balaban J connectivity index is 2.87. The van der Waals surface area contributed by atoms with E-state index < -0.39 is 0 Å². The molecule has 0 heterocycles. The maximum atomic E-state index is 8.70. The van der Waals surface area contributed by atoms with Crippen LogP contribution in [-0.2, 0) is 0 Å². The van der Waals surface area contributed by atoms with E-state index in [4.69, 9.17) is 17.0 Å². The fourth-order valence-corrected chi connectivity index (χ4v) is 1.51. The number of hydrogen-bond acceptors (Lipinski definition) is 1. The van der Waals surface area contributed by atoms with Gasteiger partial charge in [-0.1, -0.05) is 23.7 Å². The summed E-state index contributed by atoms with van der Waals surface area (Å²) >= 11 is 5.82. The molecule has 0 unspecified atom stereocenters. The maximum absolute atomic E-state index is 8.70. The second kappa shape index (κ2) is 3.04. The molecular weight excluding hydrogens is 184 g/mol. The van der Waals surface area contributed by atoms with Crippen molar-refractivity contribution in [1.82, 2.24) is 0 Å². The average molecular weight is 190 g/mol. The normalized spacial score (nSPS) is 9.85. The molecule has 0 atom stereocenters. The van der Waals surface area contributed by atoms with E-state index in [1.807, 2.05) is 24.3 Å². The zero-order chi connectivity index (χ0) is 9.26. The van der Waals surface area contributed by atoms with Crippen LogP contribution < -0.4 is 0 Å². The van der Waals surface area contributed by atoms with Crippen molar-refractivity contribution in [2.75, 3.05) is 0 Å². The van der Waals surface area contributed by atoms with E-state index in [0.29, 0.717) is 10.7 Å². The third-order valence-electron chi connectivity index (χ3n) is 1.93. The summed E-state index contributed by atoms with van der Waals surface area (Å²) in [5.41, 5.74) is 0.564. The Kier molecular flexibility index (Phi) is 1.88. The van der Waals surface area contributed by atoms with E-state index in [0.717, 1.165) is 10.8 Å². The molecule has 62 valence electrons. The van der Waals surface area contributed by atoms with Crippen LogP contribution >= 0.6 is 11.6 Å². The lowest BCUT2D eigenvalue weighted by Gasteiger charge is -1.93. The fourth-order valence-electron chi connectivity index (χ4n) is 1.32. The number of benzene rings is 2. The molecule has 0 radical (unpaired) electrons. The molecule has 2 nitrogen and oxygen atoms in total. The Morgan fingerprint density at radius 1 is 1.15 bits per heavy atom. The van der Waals surface area contributed by atoms with Crippen molar-refractivity contribution in [3.8, 4) is 0 Å². The van der Waals surface area contributed by atoms with Crippen molar-refractivity contribution in [2.24, 2.45) is 0 Å². The van der Waals surface area contributed by atoms with E-state index in [2.05, 4.69) is 4.98 Å². The minimum Gasteiger partial charge on any atom is -0.0843 e. The van der Waals surface area contributed by atoms with Gasteiger partial charge >= 0.3 is 5.69 Å². The third-order valence-corrected chi connectivity index (χ3v) is 2.16. The summed E-state index contributed by atoms with van der Waals surface area (Å²) in [4.78, 5) is 3.19. The maximum Gasteiger partial charge on any atom is 0.392 e. The van der Waals surface area contributed by atoms with Crippen molar-refractivity contribution >= 4 is 28.1 Å². The van der Waals surface area contributed by atoms with E-state index >= 15 is 0 Å². The van der Waals surface area contributed by atoms with Gasteiger partial charge in [0.1, 0.15) is 0 Å². The molecule has 2 aromatic carbocycles. The molecule has 0 saturated heterocycles. The van der Waals surface area contributed by atoms with Crippen molar-refractivity contribution in [3.63, 3.8) is 0 Å². The van der Waals surface area contributed by atoms with Crippen LogP contribution in [0, 0.1) is 5.39 Å². The van der Waals surface area contributed by atoms with Crippen LogP contribution in [0.1, 0.15) is 0 Å². The minimum atomic E-state index is 0.564. The third kappa shape index (κ3) is 1.34. The molecule has 0 N–H and O–H groups in total. The van der Waals surface area contributed by atoms with E-state index in [-0.39, 0.29) is 0 Å². The first-order valence-corrected chi connectivity index (χ1v) is 4.22. The van der Waals surface area contributed by atoms with Gasteiger partial charge in [0.15, 0.2) is 4.98 Å². The van der Waals surface area contributed by atoms with Crippen LogP contribution in [-0.4, -0.2) is 0 Å². The molecule has 0 bridgehead atoms. The Morgan fingerprint density at radius 2 is 2.00 bits per heavy atom. The van der Waals surface area contributed by atoms with Crippen molar-refractivity contribution in [2.45, 2.75) is 0 Å².